The molecule has 3 rings (SSSR count). The van der Waals surface area contributed by atoms with Crippen molar-refractivity contribution in [3.8, 4) is 0 Å². The Balaban J connectivity index is 2.03. The molecule has 1 saturated carbocycles. The van der Waals surface area contributed by atoms with Crippen molar-refractivity contribution in [3.63, 3.8) is 0 Å². The van der Waals surface area contributed by atoms with Crippen molar-refractivity contribution < 1.29 is 14.0 Å². The first-order chi connectivity index (χ1) is 10.0. The fourth-order valence-electron chi connectivity index (χ4n) is 3.39. The summed E-state index contributed by atoms with van der Waals surface area (Å²) < 4.78 is 13.8. The van der Waals surface area contributed by atoms with Crippen molar-refractivity contribution >= 4 is 17.5 Å². The summed E-state index contributed by atoms with van der Waals surface area (Å²) in [5.41, 5.74) is 0.239. The van der Waals surface area contributed by atoms with Crippen LogP contribution in [0.2, 0.25) is 0 Å². The van der Waals surface area contributed by atoms with Gasteiger partial charge < -0.3 is 10.2 Å². The van der Waals surface area contributed by atoms with Crippen molar-refractivity contribution in [2.24, 2.45) is 0 Å². The number of amides is 2. The van der Waals surface area contributed by atoms with Gasteiger partial charge in [-0.05, 0) is 31.9 Å². The molecule has 0 atom stereocenters. The lowest BCUT2D eigenvalue weighted by molar-refractivity contribution is -0.129. The number of halogens is 1. The van der Waals surface area contributed by atoms with E-state index in [2.05, 4.69) is 5.32 Å². The number of benzene rings is 1. The van der Waals surface area contributed by atoms with E-state index in [-0.39, 0.29) is 24.1 Å². The van der Waals surface area contributed by atoms with Gasteiger partial charge in [0, 0.05) is 24.2 Å². The first-order valence-corrected chi connectivity index (χ1v) is 7.42. The molecule has 1 N–H and O–H groups in total. The molecule has 0 unspecified atom stereocenters. The number of carbonyl (C=O) groups excluding carboxylic acids is 2. The first kappa shape index (κ1) is 14.0. The van der Waals surface area contributed by atoms with Crippen LogP contribution in [-0.2, 0) is 9.59 Å². The zero-order valence-corrected chi connectivity index (χ0v) is 12.1. The van der Waals surface area contributed by atoms with Crippen molar-refractivity contribution in [3.05, 3.63) is 29.6 Å². The van der Waals surface area contributed by atoms with Crippen LogP contribution in [0.15, 0.2) is 18.2 Å². The van der Waals surface area contributed by atoms with Gasteiger partial charge in [0.15, 0.2) is 0 Å². The van der Waals surface area contributed by atoms with Crippen molar-refractivity contribution in [1.29, 1.82) is 0 Å². The molecule has 0 aromatic heterocycles. The minimum Gasteiger partial charge on any atom is -0.342 e. The quantitative estimate of drug-likeness (QED) is 0.863. The van der Waals surface area contributed by atoms with Crippen LogP contribution in [0.4, 0.5) is 10.1 Å². The van der Waals surface area contributed by atoms with E-state index in [1.165, 1.54) is 6.07 Å². The molecule has 2 amide bonds. The minimum absolute atomic E-state index is 0.0955. The van der Waals surface area contributed by atoms with Gasteiger partial charge in [-0.2, -0.15) is 0 Å². The Hall–Kier alpha value is -1.91. The maximum Gasteiger partial charge on any atom is 0.252 e. The van der Waals surface area contributed by atoms with E-state index in [9.17, 15) is 14.0 Å². The molecule has 2 aliphatic rings. The summed E-state index contributed by atoms with van der Waals surface area (Å²) in [6.07, 6.45) is 3.46. The average molecular weight is 290 g/mol. The molecular weight excluding hydrogens is 271 g/mol. The molecule has 5 heteroatoms. The Morgan fingerprint density at radius 2 is 1.95 bits per heavy atom. The summed E-state index contributed by atoms with van der Waals surface area (Å²) in [5, 5.41) is 2.91. The van der Waals surface area contributed by atoms with Gasteiger partial charge in [-0.1, -0.05) is 18.9 Å². The predicted molar refractivity (Wildman–Crippen MR) is 77.4 cm³/mol. The number of carbonyl (C=O) groups is 2. The van der Waals surface area contributed by atoms with Gasteiger partial charge in [0.05, 0.1) is 0 Å². The molecule has 4 nitrogen and oxygen atoms in total. The normalized spacial score (nSPS) is 21.5. The lowest BCUT2D eigenvalue weighted by Gasteiger charge is -2.32. The lowest BCUT2D eigenvalue weighted by Crippen LogP contribution is -2.55. The van der Waals surface area contributed by atoms with Crippen LogP contribution in [0.5, 0.6) is 0 Å². The van der Waals surface area contributed by atoms with E-state index in [0.717, 1.165) is 12.8 Å². The molecule has 1 aliphatic carbocycles. The highest BCUT2D eigenvalue weighted by Crippen LogP contribution is 2.35. The third-order valence-corrected chi connectivity index (χ3v) is 4.58. The standard InChI is InChI=1S/C16H19FN2O2/c1-11-12(17)5-4-6-13(11)19-10-7-14(20)18-16(15(19)21)8-2-3-9-16/h4-6H,2-3,7-10H2,1H3,(H,18,20). The Kier molecular flexibility index (Phi) is 3.43. The fourth-order valence-corrected chi connectivity index (χ4v) is 3.39. The number of anilines is 1. The summed E-state index contributed by atoms with van der Waals surface area (Å²) in [6, 6.07) is 4.73. The molecular formula is C16H19FN2O2. The maximum atomic E-state index is 13.8. The van der Waals surface area contributed by atoms with Crippen molar-refractivity contribution in [2.45, 2.75) is 44.6 Å². The van der Waals surface area contributed by atoms with Crippen LogP contribution < -0.4 is 10.2 Å². The fraction of sp³-hybridized carbons (Fsp3) is 0.500. The van der Waals surface area contributed by atoms with Gasteiger partial charge in [0.1, 0.15) is 11.4 Å². The van der Waals surface area contributed by atoms with E-state index in [4.69, 9.17) is 0 Å². The van der Waals surface area contributed by atoms with Crippen molar-refractivity contribution in [2.75, 3.05) is 11.4 Å². The monoisotopic (exact) mass is 290 g/mol. The van der Waals surface area contributed by atoms with Gasteiger partial charge in [-0.25, -0.2) is 4.39 Å². The summed E-state index contributed by atoms with van der Waals surface area (Å²) in [5.74, 6) is -0.523. The molecule has 0 bridgehead atoms. The summed E-state index contributed by atoms with van der Waals surface area (Å²) >= 11 is 0. The van der Waals surface area contributed by atoms with Gasteiger partial charge in [0.2, 0.25) is 5.91 Å². The molecule has 2 fully saturated rings. The largest absolute Gasteiger partial charge is 0.342 e. The summed E-state index contributed by atoms with van der Waals surface area (Å²) in [7, 11) is 0. The minimum atomic E-state index is -0.785. The smallest absolute Gasteiger partial charge is 0.252 e. The van der Waals surface area contributed by atoms with E-state index in [0.29, 0.717) is 30.6 Å². The highest BCUT2D eigenvalue weighted by Gasteiger charge is 2.46. The first-order valence-electron chi connectivity index (χ1n) is 7.42. The van der Waals surface area contributed by atoms with E-state index in [1.54, 1.807) is 24.0 Å². The van der Waals surface area contributed by atoms with Crippen LogP contribution >= 0.6 is 0 Å². The SMILES string of the molecule is Cc1c(F)cccc1N1CCC(=O)NC2(CCCC2)C1=O. The molecule has 1 aliphatic heterocycles. The molecule has 1 heterocycles. The van der Waals surface area contributed by atoms with Gasteiger partial charge in [0.25, 0.3) is 5.91 Å². The number of hydrogen-bond acceptors (Lipinski definition) is 2. The number of hydrogen-bond donors (Lipinski definition) is 1. The summed E-state index contributed by atoms with van der Waals surface area (Å²) in [6.45, 7) is 1.97. The molecule has 21 heavy (non-hydrogen) atoms. The molecule has 1 saturated heterocycles. The van der Waals surface area contributed by atoms with Gasteiger partial charge >= 0.3 is 0 Å². The number of nitrogens with one attached hydrogen (secondary N) is 1. The Bertz CT molecular complexity index is 594. The third kappa shape index (κ3) is 2.30. The Labute approximate surface area is 123 Å². The highest BCUT2D eigenvalue weighted by molar-refractivity contribution is 6.04. The molecule has 1 spiro atoms. The Morgan fingerprint density at radius 1 is 1.24 bits per heavy atom. The van der Waals surface area contributed by atoms with Crippen LogP contribution in [0, 0.1) is 12.7 Å². The molecule has 1 aromatic rings. The number of rotatable bonds is 1. The lowest BCUT2D eigenvalue weighted by atomic mass is 9.95. The van der Waals surface area contributed by atoms with E-state index < -0.39 is 5.54 Å². The second kappa shape index (κ2) is 5.13. The predicted octanol–water partition coefficient (Wildman–Crippen LogP) is 2.30. The molecule has 0 radical (unpaired) electrons. The zero-order chi connectivity index (χ0) is 15.0. The number of nitrogens with zero attached hydrogens (tertiary/aromatic N) is 1. The van der Waals surface area contributed by atoms with Crippen molar-refractivity contribution in [1.82, 2.24) is 5.32 Å². The summed E-state index contributed by atoms with van der Waals surface area (Å²) in [4.78, 5) is 26.5. The Morgan fingerprint density at radius 3 is 2.67 bits per heavy atom. The average Bonchev–Trinajstić information content (AvgIpc) is 2.88. The topological polar surface area (TPSA) is 49.4 Å². The second-order valence-electron chi connectivity index (χ2n) is 5.93. The maximum absolute atomic E-state index is 13.8. The second-order valence-corrected chi connectivity index (χ2v) is 5.93. The van der Waals surface area contributed by atoms with E-state index >= 15 is 0 Å². The molecule has 1 aromatic carbocycles. The van der Waals surface area contributed by atoms with Gasteiger partial charge in [-0.15, -0.1) is 0 Å². The van der Waals surface area contributed by atoms with Gasteiger partial charge in [-0.3, -0.25) is 9.59 Å². The van der Waals surface area contributed by atoms with Crippen LogP contribution in [0.3, 0.4) is 0 Å². The van der Waals surface area contributed by atoms with Crippen LogP contribution in [0.1, 0.15) is 37.7 Å². The third-order valence-electron chi connectivity index (χ3n) is 4.58. The van der Waals surface area contributed by atoms with Crippen LogP contribution in [0.25, 0.3) is 0 Å². The molecule has 112 valence electrons. The van der Waals surface area contributed by atoms with Crippen LogP contribution in [-0.4, -0.2) is 23.9 Å². The highest BCUT2D eigenvalue weighted by atomic mass is 19.1. The zero-order valence-electron chi connectivity index (χ0n) is 12.1. The van der Waals surface area contributed by atoms with E-state index in [1.807, 2.05) is 0 Å².